The topological polar surface area (TPSA) is 119 Å². The Labute approximate surface area is 155 Å². The maximum atomic E-state index is 14.4. The van der Waals surface area contributed by atoms with E-state index in [2.05, 4.69) is 20.6 Å². The molecule has 1 amide bonds. The fourth-order valence-electron chi connectivity index (χ4n) is 3.00. The lowest BCUT2D eigenvalue weighted by molar-refractivity contribution is 0.100. The fraction of sp³-hybridized carbons (Fsp3) is 0.353. The zero-order valence-electron chi connectivity index (χ0n) is 14.0. The van der Waals surface area contributed by atoms with Gasteiger partial charge in [0.2, 0.25) is 0 Å². The van der Waals surface area contributed by atoms with E-state index in [4.69, 9.17) is 23.1 Å². The Bertz CT molecular complexity index is 818. The first-order valence-corrected chi connectivity index (χ1v) is 8.72. The number of pyridine rings is 2. The minimum atomic E-state index is -0.796. The van der Waals surface area contributed by atoms with Gasteiger partial charge in [0.05, 0.1) is 22.5 Å². The van der Waals surface area contributed by atoms with Gasteiger partial charge in [0.25, 0.3) is 5.91 Å². The van der Waals surface area contributed by atoms with Crippen molar-refractivity contribution < 1.29 is 9.18 Å². The monoisotopic (exact) mass is 378 g/mol. The van der Waals surface area contributed by atoms with Crippen LogP contribution in [0.15, 0.2) is 24.5 Å². The number of amides is 1. The third-order valence-electron chi connectivity index (χ3n) is 4.35. The highest BCUT2D eigenvalue weighted by molar-refractivity contribution is 6.30. The number of nitrogens with two attached hydrogens (primary N) is 2. The van der Waals surface area contributed by atoms with Gasteiger partial charge in [0, 0.05) is 18.3 Å². The van der Waals surface area contributed by atoms with Crippen LogP contribution in [0, 0.1) is 5.82 Å². The van der Waals surface area contributed by atoms with Gasteiger partial charge >= 0.3 is 0 Å². The molecule has 9 heteroatoms. The Hall–Kier alpha value is -2.45. The van der Waals surface area contributed by atoms with E-state index in [0.717, 1.165) is 31.7 Å². The molecule has 1 fully saturated rings. The highest BCUT2D eigenvalue weighted by atomic mass is 35.5. The van der Waals surface area contributed by atoms with E-state index in [1.165, 1.54) is 12.4 Å². The Morgan fingerprint density at radius 1 is 1.23 bits per heavy atom. The summed E-state index contributed by atoms with van der Waals surface area (Å²) in [6.07, 6.45) is 6.76. The molecule has 0 bridgehead atoms. The summed E-state index contributed by atoms with van der Waals surface area (Å²) in [6, 6.07) is 2.51. The van der Waals surface area contributed by atoms with Crippen LogP contribution in [0.25, 0.3) is 0 Å². The van der Waals surface area contributed by atoms with Gasteiger partial charge in [-0.05, 0) is 25.0 Å². The highest BCUT2D eigenvalue weighted by Gasteiger charge is 2.24. The number of anilines is 3. The minimum absolute atomic E-state index is 0.0230. The fourth-order valence-corrected chi connectivity index (χ4v) is 3.18. The number of hydrogen-bond acceptors (Lipinski definition) is 6. The van der Waals surface area contributed by atoms with Crippen molar-refractivity contribution in [3.8, 4) is 0 Å². The van der Waals surface area contributed by atoms with Crippen LogP contribution in [0.3, 0.4) is 0 Å². The molecule has 1 aliphatic carbocycles. The molecule has 0 spiro atoms. The minimum Gasteiger partial charge on any atom is -0.365 e. The number of carbonyl (C=O) groups excluding carboxylic acids is 1. The Morgan fingerprint density at radius 2 is 2.00 bits per heavy atom. The standard InChI is InChI=1S/C17H20ClFN6O/c18-9-5-10(8-22-7-9)23-16-11(15(21)26)6-12(19)17(25-16)24-14-4-2-1-3-13(14)20/h5-8,13-14H,1-4,20H2,(H2,21,26)(H2,23,24,25)/t13-,14+/m0/s1. The predicted octanol–water partition coefficient (Wildman–Crippen LogP) is 2.79. The van der Waals surface area contributed by atoms with Gasteiger partial charge in [-0.25, -0.2) is 9.37 Å². The van der Waals surface area contributed by atoms with Crippen LogP contribution in [-0.2, 0) is 0 Å². The van der Waals surface area contributed by atoms with Crippen molar-refractivity contribution in [2.24, 2.45) is 11.5 Å². The lowest BCUT2D eigenvalue weighted by Crippen LogP contribution is -2.43. The maximum absolute atomic E-state index is 14.4. The first-order valence-electron chi connectivity index (χ1n) is 8.34. The molecule has 0 aromatic carbocycles. The molecular formula is C17H20ClFN6O. The van der Waals surface area contributed by atoms with Crippen LogP contribution in [0.5, 0.6) is 0 Å². The number of primary amides is 1. The number of carbonyl (C=O) groups is 1. The second-order valence-electron chi connectivity index (χ2n) is 6.30. The van der Waals surface area contributed by atoms with Gasteiger partial charge in [-0.15, -0.1) is 0 Å². The Morgan fingerprint density at radius 3 is 2.69 bits per heavy atom. The molecule has 0 saturated heterocycles. The van der Waals surface area contributed by atoms with Crippen LogP contribution in [0.1, 0.15) is 36.0 Å². The van der Waals surface area contributed by atoms with Crippen molar-refractivity contribution in [3.63, 3.8) is 0 Å². The molecule has 2 atom stereocenters. The van der Waals surface area contributed by atoms with E-state index in [1.54, 1.807) is 6.07 Å². The summed E-state index contributed by atoms with van der Waals surface area (Å²) in [5.41, 5.74) is 11.9. The van der Waals surface area contributed by atoms with Gasteiger partial charge in [-0.3, -0.25) is 9.78 Å². The molecule has 7 nitrogen and oxygen atoms in total. The molecule has 1 saturated carbocycles. The molecule has 0 unspecified atom stereocenters. The zero-order valence-corrected chi connectivity index (χ0v) is 14.8. The lowest BCUT2D eigenvalue weighted by atomic mass is 9.91. The lowest BCUT2D eigenvalue weighted by Gasteiger charge is -2.30. The molecule has 6 N–H and O–H groups in total. The second kappa shape index (κ2) is 7.84. The van der Waals surface area contributed by atoms with Crippen molar-refractivity contribution in [1.82, 2.24) is 9.97 Å². The number of nitrogens with zero attached hydrogens (tertiary/aromatic N) is 2. The van der Waals surface area contributed by atoms with E-state index >= 15 is 0 Å². The molecule has 2 aromatic rings. The van der Waals surface area contributed by atoms with E-state index in [9.17, 15) is 9.18 Å². The summed E-state index contributed by atoms with van der Waals surface area (Å²) in [4.78, 5) is 19.9. The van der Waals surface area contributed by atoms with Crippen molar-refractivity contribution in [2.45, 2.75) is 37.8 Å². The van der Waals surface area contributed by atoms with Crippen molar-refractivity contribution in [1.29, 1.82) is 0 Å². The molecule has 2 heterocycles. The van der Waals surface area contributed by atoms with E-state index in [0.29, 0.717) is 10.7 Å². The maximum Gasteiger partial charge on any atom is 0.252 e. The number of hydrogen-bond donors (Lipinski definition) is 4. The largest absolute Gasteiger partial charge is 0.365 e. The molecule has 26 heavy (non-hydrogen) atoms. The average molecular weight is 379 g/mol. The Kier molecular flexibility index (Phi) is 5.53. The summed E-state index contributed by atoms with van der Waals surface area (Å²) in [6.45, 7) is 0. The Balaban J connectivity index is 1.92. The summed E-state index contributed by atoms with van der Waals surface area (Å²) in [5, 5.41) is 6.38. The predicted molar refractivity (Wildman–Crippen MR) is 99.1 cm³/mol. The van der Waals surface area contributed by atoms with Crippen LogP contribution in [0.4, 0.5) is 21.7 Å². The van der Waals surface area contributed by atoms with Crippen LogP contribution >= 0.6 is 11.6 Å². The summed E-state index contributed by atoms with van der Waals surface area (Å²) >= 11 is 5.91. The SMILES string of the molecule is NC(=O)c1cc(F)c(N[C@@H]2CCCC[C@@H]2N)nc1Nc1cncc(Cl)c1. The number of halogens is 2. The normalized spacial score (nSPS) is 19.8. The second-order valence-corrected chi connectivity index (χ2v) is 6.73. The van der Waals surface area contributed by atoms with Gasteiger partial charge in [0.15, 0.2) is 11.6 Å². The van der Waals surface area contributed by atoms with Crippen molar-refractivity contribution >= 4 is 34.8 Å². The first-order chi connectivity index (χ1) is 12.4. The van der Waals surface area contributed by atoms with E-state index in [1.807, 2.05) is 0 Å². The molecule has 3 rings (SSSR count). The van der Waals surface area contributed by atoms with Crippen molar-refractivity contribution in [2.75, 3.05) is 10.6 Å². The molecule has 138 valence electrons. The van der Waals surface area contributed by atoms with Crippen LogP contribution in [-0.4, -0.2) is 28.0 Å². The number of aromatic nitrogens is 2. The zero-order chi connectivity index (χ0) is 18.7. The molecule has 0 aliphatic heterocycles. The van der Waals surface area contributed by atoms with Gasteiger partial charge in [-0.2, -0.15) is 0 Å². The van der Waals surface area contributed by atoms with Gasteiger partial charge in [-0.1, -0.05) is 24.4 Å². The van der Waals surface area contributed by atoms with Crippen LogP contribution < -0.4 is 22.1 Å². The van der Waals surface area contributed by atoms with E-state index < -0.39 is 11.7 Å². The molecule has 2 aromatic heterocycles. The highest BCUT2D eigenvalue weighted by Crippen LogP contribution is 2.27. The summed E-state index contributed by atoms with van der Waals surface area (Å²) < 4.78 is 14.4. The van der Waals surface area contributed by atoms with Gasteiger partial charge < -0.3 is 22.1 Å². The van der Waals surface area contributed by atoms with E-state index in [-0.39, 0.29) is 29.3 Å². The van der Waals surface area contributed by atoms with Crippen molar-refractivity contribution in [3.05, 3.63) is 40.9 Å². The first kappa shape index (κ1) is 18.3. The molecule has 0 radical (unpaired) electrons. The number of rotatable bonds is 5. The molecule has 1 aliphatic rings. The molecular weight excluding hydrogens is 359 g/mol. The smallest absolute Gasteiger partial charge is 0.252 e. The number of nitrogens with one attached hydrogen (secondary N) is 2. The average Bonchev–Trinajstić information content (AvgIpc) is 2.59. The summed E-state index contributed by atoms with van der Waals surface area (Å²) in [7, 11) is 0. The third kappa shape index (κ3) is 4.20. The van der Waals surface area contributed by atoms with Crippen LogP contribution in [0.2, 0.25) is 5.02 Å². The quantitative estimate of drug-likeness (QED) is 0.635. The third-order valence-corrected chi connectivity index (χ3v) is 4.56. The van der Waals surface area contributed by atoms with Gasteiger partial charge in [0.1, 0.15) is 5.82 Å². The summed E-state index contributed by atoms with van der Waals surface area (Å²) in [5.74, 6) is -1.31.